The normalized spacial score (nSPS) is 13.4. The van der Waals surface area contributed by atoms with E-state index in [1.54, 1.807) is 24.3 Å². The fraction of sp³-hybridized carbons (Fsp3) is 0.182. The summed E-state index contributed by atoms with van der Waals surface area (Å²) < 4.78 is 26.3. The van der Waals surface area contributed by atoms with E-state index in [2.05, 4.69) is 14.9 Å². The quantitative estimate of drug-likeness (QED) is 0.731. The highest BCUT2D eigenvalue weighted by atomic mass is 32.2. The zero-order valence-electron chi connectivity index (χ0n) is 9.45. The number of hydrogen-bond donors (Lipinski definition) is 3. The molecule has 2 rings (SSSR count). The molecule has 0 radical (unpaired) electrons. The van der Waals surface area contributed by atoms with Crippen LogP contribution in [0, 0.1) is 0 Å². The molecule has 0 bridgehead atoms. The number of rotatable bonds is 5. The molecule has 0 aliphatic rings. The number of sulfonamides is 1. The molecule has 18 heavy (non-hydrogen) atoms. The van der Waals surface area contributed by atoms with Crippen LogP contribution >= 0.6 is 0 Å². The molecule has 7 heteroatoms. The standard InChI is InChI=1S/C11H13N3O3S/c15-8-10(9-4-2-1-3-5-9)14-18(16,17)11-6-7-12-13-11/h1-7,10,14-15H,8H2,(H,12,13). The van der Waals surface area contributed by atoms with Crippen molar-refractivity contribution in [2.24, 2.45) is 0 Å². The minimum atomic E-state index is -3.70. The monoisotopic (exact) mass is 267 g/mol. The molecule has 0 saturated carbocycles. The fourth-order valence-electron chi connectivity index (χ4n) is 1.54. The summed E-state index contributed by atoms with van der Waals surface area (Å²) in [6, 6.07) is 9.54. The highest BCUT2D eigenvalue weighted by Crippen LogP contribution is 2.15. The lowest BCUT2D eigenvalue weighted by Crippen LogP contribution is -2.31. The number of aliphatic hydroxyl groups is 1. The van der Waals surface area contributed by atoms with Crippen LogP contribution in [0.3, 0.4) is 0 Å². The minimum absolute atomic E-state index is 0.0307. The van der Waals surface area contributed by atoms with Gasteiger partial charge in [-0.1, -0.05) is 30.3 Å². The molecular formula is C11H13N3O3S. The Balaban J connectivity index is 2.22. The van der Waals surface area contributed by atoms with E-state index in [1.165, 1.54) is 12.3 Å². The molecule has 2 aromatic rings. The van der Waals surface area contributed by atoms with E-state index in [4.69, 9.17) is 0 Å². The molecule has 1 atom stereocenters. The number of nitrogens with one attached hydrogen (secondary N) is 2. The molecular weight excluding hydrogens is 254 g/mol. The first kappa shape index (κ1) is 12.7. The maximum Gasteiger partial charge on any atom is 0.258 e. The molecule has 3 N–H and O–H groups in total. The second-order valence-electron chi connectivity index (χ2n) is 3.69. The third kappa shape index (κ3) is 2.76. The summed E-state index contributed by atoms with van der Waals surface area (Å²) in [4.78, 5) is 0. The van der Waals surface area contributed by atoms with Crippen molar-refractivity contribution >= 4 is 10.0 Å². The molecule has 0 fully saturated rings. The van der Waals surface area contributed by atoms with Gasteiger partial charge in [0.05, 0.1) is 18.8 Å². The average molecular weight is 267 g/mol. The summed E-state index contributed by atoms with van der Waals surface area (Å²) in [5, 5.41) is 15.2. The molecule has 0 amide bonds. The van der Waals surface area contributed by atoms with Crippen LogP contribution in [-0.4, -0.2) is 30.3 Å². The lowest BCUT2D eigenvalue weighted by molar-refractivity contribution is 0.259. The van der Waals surface area contributed by atoms with Crippen LogP contribution in [0.25, 0.3) is 0 Å². The van der Waals surface area contributed by atoms with Crippen LogP contribution in [0.2, 0.25) is 0 Å². The first-order chi connectivity index (χ1) is 8.63. The van der Waals surface area contributed by atoms with E-state index >= 15 is 0 Å². The third-order valence-electron chi connectivity index (χ3n) is 2.45. The topological polar surface area (TPSA) is 95.1 Å². The van der Waals surface area contributed by atoms with Crippen LogP contribution in [0.5, 0.6) is 0 Å². The number of benzene rings is 1. The minimum Gasteiger partial charge on any atom is -0.394 e. The van der Waals surface area contributed by atoms with Crippen molar-refractivity contribution in [1.82, 2.24) is 14.9 Å². The second kappa shape index (κ2) is 5.30. The number of H-pyrrole nitrogens is 1. The van der Waals surface area contributed by atoms with Gasteiger partial charge in [0.25, 0.3) is 10.0 Å². The van der Waals surface area contributed by atoms with Gasteiger partial charge < -0.3 is 5.11 Å². The first-order valence-corrected chi connectivity index (χ1v) is 6.79. The Labute approximate surface area is 105 Å². The van der Waals surface area contributed by atoms with E-state index in [9.17, 15) is 13.5 Å². The molecule has 1 heterocycles. The van der Waals surface area contributed by atoms with Crippen LogP contribution in [0.1, 0.15) is 11.6 Å². The summed E-state index contributed by atoms with van der Waals surface area (Å²) in [5.74, 6) is 0. The molecule has 96 valence electrons. The molecule has 1 unspecified atom stereocenters. The number of aromatic nitrogens is 2. The van der Waals surface area contributed by atoms with Crippen molar-refractivity contribution in [3.63, 3.8) is 0 Å². The van der Waals surface area contributed by atoms with E-state index in [1.807, 2.05) is 6.07 Å². The summed E-state index contributed by atoms with van der Waals surface area (Å²) in [5.41, 5.74) is 0.697. The Morgan fingerprint density at radius 2 is 2.00 bits per heavy atom. The van der Waals surface area contributed by atoms with Crippen LogP contribution < -0.4 is 4.72 Å². The second-order valence-corrected chi connectivity index (χ2v) is 5.37. The van der Waals surface area contributed by atoms with Crippen molar-refractivity contribution in [3.8, 4) is 0 Å². The number of hydrogen-bond acceptors (Lipinski definition) is 4. The van der Waals surface area contributed by atoms with Gasteiger partial charge in [0.2, 0.25) is 0 Å². The van der Waals surface area contributed by atoms with Crippen molar-refractivity contribution in [2.75, 3.05) is 6.61 Å². The molecule has 6 nitrogen and oxygen atoms in total. The number of aromatic amines is 1. The van der Waals surface area contributed by atoms with E-state index in [-0.39, 0.29) is 11.6 Å². The fourth-order valence-corrected chi connectivity index (χ4v) is 2.66. The van der Waals surface area contributed by atoms with E-state index in [0.717, 1.165) is 0 Å². The number of aliphatic hydroxyl groups excluding tert-OH is 1. The van der Waals surface area contributed by atoms with Gasteiger partial charge in [-0.3, -0.25) is 5.10 Å². The highest BCUT2D eigenvalue weighted by Gasteiger charge is 2.21. The smallest absolute Gasteiger partial charge is 0.258 e. The van der Waals surface area contributed by atoms with Crippen molar-refractivity contribution in [3.05, 3.63) is 48.2 Å². The average Bonchev–Trinajstić information content (AvgIpc) is 2.92. The summed E-state index contributed by atoms with van der Waals surface area (Å²) in [6.07, 6.45) is 1.35. The molecule has 1 aromatic heterocycles. The van der Waals surface area contributed by atoms with Gasteiger partial charge in [0.15, 0.2) is 5.03 Å². The molecule has 0 aliphatic carbocycles. The van der Waals surface area contributed by atoms with Gasteiger partial charge in [-0.05, 0) is 11.6 Å². The Bertz CT molecular complexity index is 581. The van der Waals surface area contributed by atoms with Gasteiger partial charge in [-0.25, -0.2) is 13.1 Å². The summed E-state index contributed by atoms with van der Waals surface area (Å²) in [7, 11) is -3.70. The van der Waals surface area contributed by atoms with Gasteiger partial charge in [-0.15, -0.1) is 0 Å². The zero-order chi connectivity index (χ0) is 13.0. The maximum absolute atomic E-state index is 11.9. The predicted octanol–water partition coefficient (Wildman–Crippen LogP) is 0.422. The molecule has 1 aromatic carbocycles. The van der Waals surface area contributed by atoms with Gasteiger partial charge in [0.1, 0.15) is 0 Å². The largest absolute Gasteiger partial charge is 0.394 e. The lowest BCUT2D eigenvalue weighted by atomic mass is 10.1. The van der Waals surface area contributed by atoms with Crippen LogP contribution in [-0.2, 0) is 10.0 Å². The Hall–Kier alpha value is -1.70. The van der Waals surface area contributed by atoms with Crippen molar-refractivity contribution < 1.29 is 13.5 Å². The van der Waals surface area contributed by atoms with Gasteiger partial charge >= 0.3 is 0 Å². The SMILES string of the molecule is O=S(=O)(NC(CO)c1ccccc1)c1ccn[nH]1. The van der Waals surface area contributed by atoms with Crippen molar-refractivity contribution in [2.45, 2.75) is 11.1 Å². The molecule has 0 aliphatic heterocycles. The summed E-state index contributed by atoms with van der Waals surface area (Å²) in [6.45, 7) is -0.322. The lowest BCUT2D eigenvalue weighted by Gasteiger charge is -2.15. The van der Waals surface area contributed by atoms with E-state index < -0.39 is 16.1 Å². The molecule has 0 spiro atoms. The Kier molecular flexibility index (Phi) is 3.75. The van der Waals surface area contributed by atoms with Crippen LogP contribution in [0.4, 0.5) is 0 Å². The first-order valence-electron chi connectivity index (χ1n) is 5.31. The van der Waals surface area contributed by atoms with Crippen molar-refractivity contribution in [1.29, 1.82) is 0 Å². The summed E-state index contributed by atoms with van der Waals surface area (Å²) >= 11 is 0. The van der Waals surface area contributed by atoms with Crippen LogP contribution in [0.15, 0.2) is 47.6 Å². The zero-order valence-corrected chi connectivity index (χ0v) is 10.3. The Morgan fingerprint density at radius 3 is 2.56 bits per heavy atom. The number of nitrogens with zero attached hydrogens (tertiary/aromatic N) is 1. The van der Waals surface area contributed by atoms with Gasteiger partial charge in [0, 0.05) is 0 Å². The Morgan fingerprint density at radius 1 is 1.28 bits per heavy atom. The molecule has 0 saturated heterocycles. The third-order valence-corrected chi connectivity index (χ3v) is 3.85. The highest BCUT2D eigenvalue weighted by molar-refractivity contribution is 7.89. The van der Waals surface area contributed by atoms with E-state index in [0.29, 0.717) is 5.56 Å². The maximum atomic E-state index is 11.9. The predicted molar refractivity (Wildman–Crippen MR) is 65.2 cm³/mol. The van der Waals surface area contributed by atoms with Gasteiger partial charge in [-0.2, -0.15) is 5.10 Å².